The first-order valence-electron chi connectivity index (χ1n) is 8.99. The second kappa shape index (κ2) is 7.99. The van der Waals surface area contributed by atoms with Crippen molar-refractivity contribution in [2.75, 3.05) is 11.9 Å². The summed E-state index contributed by atoms with van der Waals surface area (Å²) in [6, 6.07) is 14.5. The molecule has 0 fully saturated rings. The fourth-order valence-corrected chi connectivity index (χ4v) is 2.79. The van der Waals surface area contributed by atoms with E-state index in [9.17, 15) is 9.59 Å². The van der Waals surface area contributed by atoms with E-state index < -0.39 is 0 Å². The van der Waals surface area contributed by atoms with E-state index in [0.29, 0.717) is 29.3 Å². The first-order valence-corrected chi connectivity index (χ1v) is 8.99. The molecule has 5 nitrogen and oxygen atoms in total. The van der Waals surface area contributed by atoms with Gasteiger partial charge in [-0.05, 0) is 48.7 Å². The molecular weight excluding hydrogens is 338 g/mol. The summed E-state index contributed by atoms with van der Waals surface area (Å²) in [6.45, 7) is 6.59. The third kappa shape index (κ3) is 4.31. The molecule has 138 valence electrons. The van der Waals surface area contributed by atoms with Gasteiger partial charge in [0, 0.05) is 34.9 Å². The first kappa shape index (κ1) is 18.6. The summed E-state index contributed by atoms with van der Waals surface area (Å²) >= 11 is 0. The molecule has 3 aromatic rings. The number of rotatable bonds is 5. The van der Waals surface area contributed by atoms with Crippen LogP contribution >= 0.6 is 0 Å². The van der Waals surface area contributed by atoms with Gasteiger partial charge in [0.1, 0.15) is 0 Å². The Morgan fingerprint density at radius 3 is 2.63 bits per heavy atom. The van der Waals surface area contributed by atoms with E-state index >= 15 is 0 Å². The average molecular weight is 361 g/mol. The summed E-state index contributed by atoms with van der Waals surface area (Å²) in [5.41, 5.74) is 3.36. The Morgan fingerprint density at radius 2 is 1.85 bits per heavy atom. The Labute approximate surface area is 158 Å². The summed E-state index contributed by atoms with van der Waals surface area (Å²) < 4.78 is 0. The lowest BCUT2D eigenvalue weighted by Crippen LogP contribution is -2.27. The number of hydrogen-bond donors (Lipinski definition) is 2. The van der Waals surface area contributed by atoms with Crippen LogP contribution in [0.3, 0.4) is 0 Å². The third-order valence-electron chi connectivity index (χ3n) is 4.31. The van der Waals surface area contributed by atoms with Gasteiger partial charge in [0.15, 0.2) is 0 Å². The van der Waals surface area contributed by atoms with Crippen LogP contribution in [0.25, 0.3) is 10.9 Å². The largest absolute Gasteiger partial charge is 0.352 e. The molecule has 0 saturated heterocycles. The number of nitrogens with one attached hydrogen (secondary N) is 2. The number of anilines is 1. The molecular formula is C22H23N3O2. The van der Waals surface area contributed by atoms with Crippen LogP contribution in [0.15, 0.2) is 54.7 Å². The molecule has 0 saturated carbocycles. The van der Waals surface area contributed by atoms with E-state index in [-0.39, 0.29) is 11.8 Å². The molecule has 5 heteroatoms. The van der Waals surface area contributed by atoms with Crippen molar-refractivity contribution in [2.24, 2.45) is 5.92 Å². The van der Waals surface area contributed by atoms with Crippen LogP contribution < -0.4 is 10.6 Å². The van der Waals surface area contributed by atoms with Gasteiger partial charge in [0.2, 0.25) is 0 Å². The molecule has 0 radical (unpaired) electrons. The van der Waals surface area contributed by atoms with Gasteiger partial charge in [-0.1, -0.05) is 32.0 Å². The SMILES string of the molecule is Cc1ccc(C(=O)NCC(C)C)cc1NC(=O)c1cccc2ncccc12. The number of nitrogens with zero attached hydrogens (tertiary/aromatic N) is 1. The van der Waals surface area contributed by atoms with Gasteiger partial charge < -0.3 is 10.6 Å². The summed E-state index contributed by atoms with van der Waals surface area (Å²) in [5, 5.41) is 6.62. The van der Waals surface area contributed by atoms with Crippen LogP contribution in [-0.4, -0.2) is 23.3 Å². The van der Waals surface area contributed by atoms with Crippen molar-refractivity contribution < 1.29 is 9.59 Å². The summed E-state index contributed by atoms with van der Waals surface area (Å²) in [7, 11) is 0. The van der Waals surface area contributed by atoms with Crippen molar-refractivity contribution >= 4 is 28.4 Å². The smallest absolute Gasteiger partial charge is 0.256 e. The van der Waals surface area contributed by atoms with Gasteiger partial charge in [-0.15, -0.1) is 0 Å². The highest BCUT2D eigenvalue weighted by molar-refractivity contribution is 6.12. The maximum Gasteiger partial charge on any atom is 0.256 e. The van der Waals surface area contributed by atoms with Crippen molar-refractivity contribution in [1.82, 2.24) is 10.3 Å². The van der Waals surface area contributed by atoms with Crippen molar-refractivity contribution in [3.63, 3.8) is 0 Å². The number of hydrogen-bond acceptors (Lipinski definition) is 3. The Morgan fingerprint density at radius 1 is 1.04 bits per heavy atom. The molecule has 2 amide bonds. The summed E-state index contributed by atoms with van der Waals surface area (Å²) in [6.07, 6.45) is 1.70. The molecule has 0 atom stereocenters. The molecule has 2 aromatic carbocycles. The molecule has 1 aromatic heterocycles. The molecule has 0 aliphatic rings. The van der Waals surface area contributed by atoms with E-state index in [2.05, 4.69) is 15.6 Å². The molecule has 0 bridgehead atoms. The number of carbonyl (C=O) groups excluding carboxylic acids is 2. The lowest BCUT2D eigenvalue weighted by molar-refractivity contribution is 0.0947. The molecule has 1 heterocycles. The topological polar surface area (TPSA) is 71.1 Å². The first-order chi connectivity index (χ1) is 13.0. The second-order valence-electron chi connectivity index (χ2n) is 6.96. The molecule has 0 aliphatic carbocycles. The normalized spacial score (nSPS) is 10.8. The standard InChI is InChI=1S/C22H23N3O2/c1-14(2)13-24-21(26)16-10-9-15(3)20(12-16)25-22(27)18-6-4-8-19-17(18)7-5-11-23-19/h4-12,14H,13H2,1-3H3,(H,24,26)(H,25,27). The second-order valence-corrected chi connectivity index (χ2v) is 6.96. The van der Waals surface area contributed by atoms with Gasteiger partial charge in [-0.25, -0.2) is 0 Å². The van der Waals surface area contributed by atoms with Crippen LogP contribution in [0.1, 0.15) is 40.1 Å². The lowest BCUT2D eigenvalue weighted by atomic mass is 10.1. The van der Waals surface area contributed by atoms with Gasteiger partial charge in [-0.2, -0.15) is 0 Å². The molecule has 0 unspecified atom stereocenters. The predicted octanol–water partition coefficient (Wildman–Crippen LogP) is 4.18. The van der Waals surface area contributed by atoms with Crippen LogP contribution in [-0.2, 0) is 0 Å². The van der Waals surface area contributed by atoms with Crippen LogP contribution in [0.2, 0.25) is 0 Å². The Hall–Kier alpha value is -3.21. The van der Waals surface area contributed by atoms with Crippen LogP contribution in [0.5, 0.6) is 0 Å². The zero-order valence-electron chi connectivity index (χ0n) is 15.7. The van der Waals surface area contributed by atoms with Gasteiger partial charge in [-0.3, -0.25) is 14.6 Å². The number of pyridine rings is 1. The monoisotopic (exact) mass is 361 g/mol. The number of carbonyl (C=O) groups is 2. The predicted molar refractivity (Wildman–Crippen MR) is 108 cm³/mol. The molecule has 2 N–H and O–H groups in total. The van der Waals surface area contributed by atoms with Crippen molar-refractivity contribution in [3.8, 4) is 0 Å². The fraction of sp³-hybridized carbons (Fsp3) is 0.227. The molecule has 3 rings (SSSR count). The number of aryl methyl sites for hydroxylation is 1. The zero-order chi connectivity index (χ0) is 19.4. The summed E-state index contributed by atoms with van der Waals surface area (Å²) in [4.78, 5) is 29.4. The number of aromatic nitrogens is 1. The highest BCUT2D eigenvalue weighted by Gasteiger charge is 2.14. The van der Waals surface area contributed by atoms with E-state index in [4.69, 9.17) is 0 Å². The maximum atomic E-state index is 12.8. The van der Waals surface area contributed by atoms with Crippen LogP contribution in [0.4, 0.5) is 5.69 Å². The van der Waals surface area contributed by atoms with E-state index in [0.717, 1.165) is 16.5 Å². The fourth-order valence-electron chi connectivity index (χ4n) is 2.79. The van der Waals surface area contributed by atoms with Crippen LogP contribution in [0, 0.1) is 12.8 Å². The minimum absolute atomic E-state index is 0.145. The number of fused-ring (bicyclic) bond motifs is 1. The molecule has 0 spiro atoms. The molecule has 27 heavy (non-hydrogen) atoms. The van der Waals surface area contributed by atoms with Crippen molar-refractivity contribution in [3.05, 3.63) is 71.4 Å². The van der Waals surface area contributed by atoms with Gasteiger partial charge in [0.25, 0.3) is 11.8 Å². The highest BCUT2D eigenvalue weighted by atomic mass is 16.2. The zero-order valence-corrected chi connectivity index (χ0v) is 15.7. The lowest BCUT2D eigenvalue weighted by Gasteiger charge is -2.13. The maximum absolute atomic E-state index is 12.8. The van der Waals surface area contributed by atoms with Crippen molar-refractivity contribution in [1.29, 1.82) is 0 Å². The minimum Gasteiger partial charge on any atom is -0.352 e. The minimum atomic E-state index is -0.226. The number of amides is 2. The van der Waals surface area contributed by atoms with E-state index in [1.165, 1.54) is 0 Å². The quantitative estimate of drug-likeness (QED) is 0.716. The van der Waals surface area contributed by atoms with Crippen molar-refractivity contribution in [2.45, 2.75) is 20.8 Å². The van der Waals surface area contributed by atoms with Gasteiger partial charge in [0.05, 0.1) is 5.52 Å². The Bertz CT molecular complexity index is 991. The Kier molecular flexibility index (Phi) is 5.50. The summed E-state index contributed by atoms with van der Waals surface area (Å²) in [5.74, 6) is 0.00328. The molecule has 0 aliphatic heterocycles. The Balaban J connectivity index is 1.85. The third-order valence-corrected chi connectivity index (χ3v) is 4.31. The van der Waals surface area contributed by atoms with E-state index in [1.54, 1.807) is 24.4 Å². The number of benzene rings is 2. The average Bonchev–Trinajstić information content (AvgIpc) is 2.67. The van der Waals surface area contributed by atoms with Gasteiger partial charge >= 0.3 is 0 Å². The highest BCUT2D eigenvalue weighted by Crippen LogP contribution is 2.21. The van der Waals surface area contributed by atoms with E-state index in [1.807, 2.05) is 51.1 Å².